The predicted octanol–water partition coefficient (Wildman–Crippen LogP) is 3.60. The third kappa shape index (κ3) is 4.06. The SMILES string of the molecule is CC(C)Oc1cc2c(OCC[C@@H]3CCC(=O)N3)ncc(-c3ncco3)c2cc1C#N. The maximum atomic E-state index is 11.4. The number of nitrogens with one attached hydrogen (secondary N) is 1. The van der Waals surface area contributed by atoms with Gasteiger partial charge < -0.3 is 19.2 Å². The van der Waals surface area contributed by atoms with Crippen LogP contribution in [0.2, 0.25) is 0 Å². The predicted molar refractivity (Wildman–Crippen MR) is 109 cm³/mol. The molecule has 0 radical (unpaired) electrons. The van der Waals surface area contributed by atoms with Gasteiger partial charge in [0.15, 0.2) is 0 Å². The number of oxazole rings is 1. The number of hydrogen-bond acceptors (Lipinski definition) is 7. The molecule has 8 heteroatoms. The fourth-order valence-corrected chi connectivity index (χ4v) is 3.51. The zero-order chi connectivity index (χ0) is 21.1. The lowest BCUT2D eigenvalue weighted by Gasteiger charge is -2.16. The number of fused-ring (bicyclic) bond motifs is 1. The maximum Gasteiger partial charge on any atom is 0.228 e. The summed E-state index contributed by atoms with van der Waals surface area (Å²) < 4.78 is 17.3. The number of ether oxygens (including phenoxy) is 2. The van der Waals surface area contributed by atoms with Crippen LogP contribution in [0.1, 0.15) is 38.7 Å². The summed E-state index contributed by atoms with van der Waals surface area (Å²) >= 11 is 0. The molecule has 1 N–H and O–H groups in total. The molecule has 1 amide bonds. The highest BCUT2D eigenvalue weighted by Crippen LogP contribution is 2.36. The molecule has 1 atom stereocenters. The molecule has 0 bridgehead atoms. The van der Waals surface area contributed by atoms with Gasteiger partial charge in [-0.15, -0.1) is 0 Å². The molecule has 0 saturated carbocycles. The number of nitriles is 1. The number of hydrogen-bond donors (Lipinski definition) is 1. The van der Waals surface area contributed by atoms with Crippen LogP contribution in [0, 0.1) is 11.3 Å². The van der Waals surface area contributed by atoms with Gasteiger partial charge in [0.1, 0.15) is 18.1 Å². The minimum atomic E-state index is -0.0900. The summed E-state index contributed by atoms with van der Waals surface area (Å²) in [6, 6.07) is 5.84. The molecule has 1 saturated heterocycles. The molecule has 1 aromatic carbocycles. The molecule has 30 heavy (non-hydrogen) atoms. The Hall–Kier alpha value is -3.60. The Morgan fingerprint density at radius 2 is 2.20 bits per heavy atom. The normalized spacial score (nSPS) is 15.9. The van der Waals surface area contributed by atoms with Gasteiger partial charge in [0, 0.05) is 35.9 Å². The number of pyridine rings is 1. The number of carbonyl (C=O) groups excluding carboxylic acids is 1. The van der Waals surface area contributed by atoms with Crippen LogP contribution in [0.4, 0.5) is 0 Å². The van der Waals surface area contributed by atoms with Crippen LogP contribution in [0.5, 0.6) is 11.6 Å². The minimum absolute atomic E-state index is 0.0818. The van der Waals surface area contributed by atoms with Gasteiger partial charge in [-0.1, -0.05) is 0 Å². The number of rotatable bonds is 7. The largest absolute Gasteiger partial charge is 0.490 e. The second-order valence-corrected chi connectivity index (χ2v) is 7.43. The van der Waals surface area contributed by atoms with Gasteiger partial charge in [-0.3, -0.25) is 4.79 Å². The molecular formula is C22H22N4O4. The molecule has 4 rings (SSSR count). The lowest BCUT2D eigenvalue weighted by atomic mass is 10.0. The molecule has 1 fully saturated rings. The molecule has 8 nitrogen and oxygen atoms in total. The van der Waals surface area contributed by atoms with Crippen LogP contribution in [-0.4, -0.2) is 34.6 Å². The van der Waals surface area contributed by atoms with E-state index < -0.39 is 0 Å². The van der Waals surface area contributed by atoms with Crippen LogP contribution < -0.4 is 14.8 Å². The van der Waals surface area contributed by atoms with Gasteiger partial charge in [-0.2, -0.15) is 5.26 Å². The summed E-state index contributed by atoms with van der Waals surface area (Å²) in [4.78, 5) is 20.1. The third-order valence-corrected chi connectivity index (χ3v) is 4.89. The third-order valence-electron chi connectivity index (χ3n) is 4.89. The van der Waals surface area contributed by atoms with Crippen molar-refractivity contribution >= 4 is 16.7 Å². The smallest absolute Gasteiger partial charge is 0.228 e. The van der Waals surface area contributed by atoms with E-state index in [9.17, 15) is 10.1 Å². The molecule has 1 aliphatic rings. The first-order valence-corrected chi connectivity index (χ1v) is 9.90. The topological polar surface area (TPSA) is 110 Å². The lowest BCUT2D eigenvalue weighted by molar-refractivity contribution is -0.119. The van der Waals surface area contributed by atoms with Crippen LogP contribution in [0.3, 0.4) is 0 Å². The Morgan fingerprint density at radius 3 is 2.87 bits per heavy atom. The molecule has 1 aliphatic heterocycles. The summed E-state index contributed by atoms with van der Waals surface area (Å²) in [6.07, 6.45) is 6.66. The number of carbonyl (C=O) groups is 1. The first-order chi connectivity index (χ1) is 14.5. The highest BCUT2D eigenvalue weighted by atomic mass is 16.5. The molecule has 0 spiro atoms. The Balaban J connectivity index is 1.71. The van der Waals surface area contributed by atoms with E-state index in [4.69, 9.17) is 13.9 Å². The number of aromatic nitrogens is 2. The Kier molecular flexibility index (Phi) is 5.53. The first kappa shape index (κ1) is 19.7. The van der Waals surface area contributed by atoms with Crippen molar-refractivity contribution < 1.29 is 18.7 Å². The van der Waals surface area contributed by atoms with Gasteiger partial charge in [0.2, 0.25) is 17.7 Å². The van der Waals surface area contributed by atoms with Gasteiger partial charge >= 0.3 is 0 Å². The quantitative estimate of drug-likeness (QED) is 0.638. The van der Waals surface area contributed by atoms with Crippen molar-refractivity contribution in [2.45, 2.75) is 45.3 Å². The van der Waals surface area contributed by atoms with Gasteiger partial charge in [-0.25, -0.2) is 9.97 Å². The average Bonchev–Trinajstić information content (AvgIpc) is 3.39. The van der Waals surface area contributed by atoms with Crippen LogP contribution >= 0.6 is 0 Å². The second kappa shape index (κ2) is 8.41. The Bertz CT molecular complexity index is 1100. The van der Waals surface area contributed by atoms with Crippen molar-refractivity contribution in [3.8, 4) is 29.2 Å². The molecule has 3 aromatic rings. The van der Waals surface area contributed by atoms with Crippen molar-refractivity contribution in [3.05, 3.63) is 36.4 Å². The van der Waals surface area contributed by atoms with E-state index in [1.54, 1.807) is 24.5 Å². The summed E-state index contributed by atoms with van der Waals surface area (Å²) in [5.74, 6) is 1.40. The van der Waals surface area contributed by atoms with Crippen molar-refractivity contribution in [1.29, 1.82) is 5.26 Å². The zero-order valence-electron chi connectivity index (χ0n) is 16.8. The van der Waals surface area contributed by atoms with Crippen molar-refractivity contribution in [3.63, 3.8) is 0 Å². The van der Waals surface area contributed by atoms with E-state index in [0.717, 1.165) is 11.8 Å². The minimum Gasteiger partial charge on any atom is -0.490 e. The molecule has 0 unspecified atom stereocenters. The van der Waals surface area contributed by atoms with Crippen LogP contribution in [0.15, 0.2) is 35.2 Å². The van der Waals surface area contributed by atoms with E-state index in [1.807, 2.05) is 13.8 Å². The lowest BCUT2D eigenvalue weighted by Crippen LogP contribution is -2.26. The molecule has 2 aromatic heterocycles. The summed E-state index contributed by atoms with van der Waals surface area (Å²) in [5.41, 5.74) is 1.08. The summed E-state index contributed by atoms with van der Waals surface area (Å²) in [7, 11) is 0. The molecular weight excluding hydrogens is 384 g/mol. The second-order valence-electron chi connectivity index (χ2n) is 7.43. The monoisotopic (exact) mass is 406 g/mol. The van der Waals surface area contributed by atoms with E-state index in [0.29, 0.717) is 53.5 Å². The zero-order valence-corrected chi connectivity index (χ0v) is 16.8. The summed E-state index contributed by atoms with van der Waals surface area (Å²) in [5, 5.41) is 14.0. The summed E-state index contributed by atoms with van der Waals surface area (Å²) in [6.45, 7) is 4.21. The Morgan fingerprint density at radius 1 is 1.33 bits per heavy atom. The van der Waals surface area contributed by atoms with E-state index in [1.165, 1.54) is 6.26 Å². The van der Waals surface area contributed by atoms with Crippen molar-refractivity contribution in [2.24, 2.45) is 0 Å². The molecule has 3 heterocycles. The fraction of sp³-hybridized carbons (Fsp3) is 0.364. The molecule has 0 aliphatic carbocycles. The number of amides is 1. The van der Waals surface area contributed by atoms with E-state index in [-0.39, 0.29) is 18.1 Å². The first-order valence-electron chi connectivity index (χ1n) is 9.90. The Labute approximate surface area is 173 Å². The van der Waals surface area contributed by atoms with Crippen molar-refractivity contribution in [2.75, 3.05) is 6.61 Å². The van der Waals surface area contributed by atoms with E-state index in [2.05, 4.69) is 21.4 Å². The van der Waals surface area contributed by atoms with Crippen LogP contribution in [-0.2, 0) is 4.79 Å². The van der Waals surface area contributed by atoms with Gasteiger partial charge in [-0.05, 0) is 32.4 Å². The standard InChI is InChI=1S/C22H22N4O4/c1-13(2)30-19-10-17-16(9-14(19)11-23)18(22-24-6-8-29-22)12-25-21(17)28-7-5-15-3-4-20(27)26-15/h6,8-10,12-13,15H,3-5,7H2,1-2H3,(H,26,27)/t15-/m0/s1. The molecule has 154 valence electrons. The fourth-order valence-electron chi connectivity index (χ4n) is 3.51. The van der Waals surface area contributed by atoms with Gasteiger partial charge in [0.25, 0.3) is 0 Å². The number of nitrogens with zero attached hydrogens (tertiary/aromatic N) is 3. The highest BCUT2D eigenvalue weighted by Gasteiger charge is 2.21. The van der Waals surface area contributed by atoms with E-state index >= 15 is 0 Å². The average molecular weight is 406 g/mol. The van der Waals surface area contributed by atoms with Crippen LogP contribution in [0.25, 0.3) is 22.2 Å². The maximum absolute atomic E-state index is 11.4. The van der Waals surface area contributed by atoms with Gasteiger partial charge in [0.05, 0.1) is 30.0 Å². The highest BCUT2D eigenvalue weighted by molar-refractivity contribution is 5.99. The number of benzene rings is 1. The van der Waals surface area contributed by atoms with Crippen molar-refractivity contribution in [1.82, 2.24) is 15.3 Å².